The van der Waals surface area contributed by atoms with Crippen LogP contribution in [0.25, 0.3) is 5.69 Å². The van der Waals surface area contributed by atoms with E-state index in [2.05, 4.69) is 10.3 Å². The van der Waals surface area contributed by atoms with Crippen molar-refractivity contribution < 1.29 is 4.79 Å². The Morgan fingerprint density at radius 3 is 2.47 bits per heavy atom. The van der Waals surface area contributed by atoms with E-state index in [4.69, 9.17) is 5.73 Å². The number of para-hydroxylation sites is 1. The van der Waals surface area contributed by atoms with E-state index in [0.29, 0.717) is 5.69 Å². The number of nitrogens with two attached hydrogens (primary N) is 1. The van der Waals surface area contributed by atoms with Gasteiger partial charge in [-0.25, -0.2) is 4.68 Å². The molecule has 0 aliphatic rings. The van der Waals surface area contributed by atoms with Crippen molar-refractivity contribution in [2.24, 2.45) is 10.9 Å². The van der Waals surface area contributed by atoms with Gasteiger partial charge in [-0.1, -0.05) is 18.2 Å². The molecule has 0 bridgehead atoms. The molecule has 2 aromatic rings. The van der Waals surface area contributed by atoms with Gasteiger partial charge in [0.05, 0.1) is 5.69 Å². The van der Waals surface area contributed by atoms with E-state index in [-0.39, 0.29) is 5.69 Å². The van der Waals surface area contributed by atoms with Gasteiger partial charge in [0.1, 0.15) is 0 Å². The summed E-state index contributed by atoms with van der Waals surface area (Å²) in [5.41, 5.74) is 4.11. The Hall–Kier alpha value is -2.70. The van der Waals surface area contributed by atoms with Crippen molar-refractivity contribution in [3.05, 3.63) is 51.3 Å². The molecule has 1 aromatic heterocycles. The summed E-state index contributed by atoms with van der Waals surface area (Å²) in [5.74, 6) is -0.901. The number of carbonyl (C=O) groups excluding carboxylic acids is 1. The second-order valence-electron chi connectivity index (χ2n) is 3.26. The number of nitroso groups, excluding NO2 is 1. The maximum Gasteiger partial charge on any atom is 0.294 e. The Morgan fingerprint density at radius 1 is 1.29 bits per heavy atom. The van der Waals surface area contributed by atoms with Crippen molar-refractivity contribution >= 4 is 11.6 Å². The topological polar surface area (TPSA) is 110 Å². The van der Waals surface area contributed by atoms with Crippen LogP contribution in [0.1, 0.15) is 10.5 Å². The molecule has 1 aromatic carbocycles. The second-order valence-corrected chi connectivity index (χ2v) is 3.26. The standard InChI is InChI=1S/C10H8N4O3/c11-9(15)8-7(13-17)10(16)12-14(8)6-4-2-1-3-5-6/h1-5H,(H2,11,15)(H,12,16). The maximum atomic E-state index is 11.4. The lowest BCUT2D eigenvalue weighted by Gasteiger charge is -2.04. The SMILES string of the molecule is NC(=O)c1c(N=O)c(=O)[nH]n1-c1ccccc1. The highest BCUT2D eigenvalue weighted by atomic mass is 16.3. The first kappa shape index (κ1) is 10.8. The Labute approximate surface area is 94.8 Å². The van der Waals surface area contributed by atoms with Gasteiger partial charge in [-0.15, -0.1) is 4.91 Å². The van der Waals surface area contributed by atoms with Crippen LogP contribution in [0.4, 0.5) is 5.69 Å². The average Bonchev–Trinajstić information content (AvgIpc) is 2.67. The number of nitrogens with one attached hydrogen (secondary N) is 1. The van der Waals surface area contributed by atoms with Crippen molar-refractivity contribution in [1.29, 1.82) is 0 Å². The first-order valence-electron chi connectivity index (χ1n) is 4.68. The number of hydrogen-bond acceptors (Lipinski definition) is 4. The van der Waals surface area contributed by atoms with Crippen molar-refractivity contribution in [2.75, 3.05) is 0 Å². The normalized spacial score (nSPS) is 10.1. The van der Waals surface area contributed by atoms with E-state index in [1.54, 1.807) is 30.3 Å². The minimum atomic E-state index is -0.901. The molecule has 86 valence electrons. The van der Waals surface area contributed by atoms with E-state index in [0.717, 1.165) is 4.68 Å². The predicted molar refractivity (Wildman–Crippen MR) is 60.4 cm³/mol. The molecule has 0 atom stereocenters. The summed E-state index contributed by atoms with van der Waals surface area (Å²) in [6.07, 6.45) is 0. The smallest absolute Gasteiger partial charge is 0.294 e. The molecule has 17 heavy (non-hydrogen) atoms. The number of aromatic amines is 1. The fourth-order valence-electron chi connectivity index (χ4n) is 1.51. The lowest BCUT2D eigenvalue weighted by atomic mass is 10.3. The molecule has 0 aliphatic carbocycles. The molecule has 3 N–H and O–H groups in total. The number of hydrogen-bond donors (Lipinski definition) is 2. The largest absolute Gasteiger partial charge is 0.364 e. The highest BCUT2D eigenvalue weighted by Gasteiger charge is 2.21. The number of H-pyrrole nitrogens is 1. The summed E-state index contributed by atoms with van der Waals surface area (Å²) < 4.78 is 1.14. The minimum absolute atomic E-state index is 0.254. The molecule has 0 unspecified atom stereocenters. The molecule has 1 heterocycles. The van der Waals surface area contributed by atoms with Crippen LogP contribution in [0.5, 0.6) is 0 Å². The summed E-state index contributed by atoms with van der Waals surface area (Å²) in [7, 11) is 0. The summed E-state index contributed by atoms with van der Waals surface area (Å²) in [6, 6.07) is 8.50. The monoisotopic (exact) mass is 232 g/mol. The fourth-order valence-corrected chi connectivity index (χ4v) is 1.51. The molecular weight excluding hydrogens is 224 g/mol. The zero-order valence-electron chi connectivity index (χ0n) is 8.58. The Bertz CT molecular complexity index is 627. The van der Waals surface area contributed by atoms with Crippen molar-refractivity contribution in [3.8, 4) is 5.69 Å². The van der Waals surface area contributed by atoms with Crippen LogP contribution in [-0.4, -0.2) is 15.7 Å². The van der Waals surface area contributed by atoms with Crippen molar-refractivity contribution in [3.63, 3.8) is 0 Å². The van der Waals surface area contributed by atoms with Gasteiger partial charge in [-0.3, -0.25) is 14.7 Å². The van der Waals surface area contributed by atoms with Crippen molar-refractivity contribution in [1.82, 2.24) is 9.78 Å². The number of rotatable bonds is 3. The van der Waals surface area contributed by atoms with Gasteiger partial charge in [0.2, 0.25) is 5.69 Å². The van der Waals surface area contributed by atoms with Gasteiger partial charge in [0, 0.05) is 0 Å². The molecule has 0 fully saturated rings. The van der Waals surface area contributed by atoms with Gasteiger partial charge in [0.25, 0.3) is 11.5 Å². The number of amides is 1. The van der Waals surface area contributed by atoms with Crippen LogP contribution in [0, 0.1) is 4.91 Å². The van der Waals surface area contributed by atoms with E-state index >= 15 is 0 Å². The van der Waals surface area contributed by atoms with Gasteiger partial charge in [-0.2, -0.15) is 0 Å². The molecule has 0 aliphatic heterocycles. The van der Waals surface area contributed by atoms with Gasteiger partial charge >= 0.3 is 0 Å². The first-order chi connectivity index (χ1) is 8.15. The molecule has 2 rings (SSSR count). The predicted octanol–water partition coefficient (Wildman–Crippen LogP) is 0.662. The second kappa shape index (κ2) is 4.05. The summed E-state index contributed by atoms with van der Waals surface area (Å²) in [4.78, 5) is 33.1. The van der Waals surface area contributed by atoms with Crippen LogP contribution in [0.15, 0.2) is 40.3 Å². The number of carbonyl (C=O) groups is 1. The molecule has 0 saturated heterocycles. The van der Waals surface area contributed by atoms with Gasteiger partial charge in [0.15, 0.2) is 5.69 Å². The van der Waals surface area contributed by atoms with E-state index in [9.17, 15) is 14.5 Å². The molecule has 7 nitrogen and oxygen atoms in total. The zero-order chi connectivity index (χ0) is 12.4. The molecule has 0 radical (unpaired) electrons. The van der Waals surface area contributed by atoms with Gasteiger partial charge in [-0.05, 0) is 17.3 Å². The minimum Gasteiger partial charge on any atom is -0.364 e. The van der Waals surface area contributed by atoms with Crippen LogP contribution in [-0.2, 0) is 0 Å². The summed E-state index contributed by atoms with van der Waals surface area (Å²) in [6.45, 7) is 0. The Kier molecular flexibility index (Phi) is 2.57. The molecule has 7 heteroatoms. The highest BCUT2D eigenvalue weighted by Crippen LogP contribution is 2.17. The third-order valence-electron chi connectivity index (χ3n) is 2.22. The Morgan fingerprint density at radius 2 is 1.94 bits per heavy atom. The first-order valence-corrected chi connectivity index (χ1v) is 4.68. The lowest BCUT2D eigenvalue weighted by Crippen LogP contribution is -2.16. The number of aromatic nitrogens is 2. The van der Waals surface area contributed by atoms with Gasteiger partial charge < -0.3 is 5.73 Å². The average molecular weight is 232 g/mol. The van der Waals surface area contributed by atoms with Crippen LogP contribution in [0.2, 0.25) is 0 Å². The number of primary amides is 1. The molecule has 1 amide bonds. The van der Waals surface area contributed by atoms with Crippen molar-refractivity contribution in [2.45, 2.75) is 0 Å². The number of nitrogens with zero attached hydrogens (tertiary/aromatic N) is 2. The highest BCUT2D eigenvalue weighted by molar-refractivity contribution is 5.96. The molecule has 0 saturated carbocycles. The lowest BCUT2D eigenvalue weighted by molar-refractivity contribution is 0.0993. The summed E-state index contributed by atoms with van der Waals surface area (Å²) >= 11 is 0. The molecule has 0 spiro atoms. The third-order valence-corrected chi connectivity index (χ3v) is 2.22. The fraction of sp³-hybridized carbons (Fsp3) is 0. The van der Waals surface area contributed by atoms with E-state index < -0.39 is 17.2 Å². The summed E-state index contributed by atoms with van der Waals surface area (Å²) in [5, 5.41) is 4.85. The van der Waals surface area contributed by atoms with E-state index in [1.807, 2.05) is 0 Å². The van der Waals surface area contributed by atoms with E-state index in [1.165, 1.54) is 0 Å². The maximum absolute atomic E-state index is 11.4. The molecular formula is C10H8N4O3. The van der Waals surface area contributed by atoms with Crippen LogP contribution < -0.4 is 11.3 Å². The zero-order valence-corrected chi connectivity index (χ0v) is 8.58. The quantitative estimate of drug-likeness (QED) is 0.758. The van der Waals surface area contributed by atoms with Crippen LogP contribution in [0.3, 0.4) is 0 Å². The Balaban J connectivity index is 2.75. The number of benzene rings is 1. The third kappa shape index (κ3) is 1.73. The van der Waals surface area contributed by atoms with Crippen LogP contribution >= 0.6 is 0 Å².